The fraction of sp³-hybridized carbons (Fsp3) is 0.500. The molecule has 1 aromatic rings. The third-order valence-electron chi connectivity index (χ3n) is 6.27. The summed E-state index contributed by atoms with van der Waals surface area (Å²) in [5.41, 5.74) is 4.57. The van der Waals surface area contributed by atoms with Gasteiger partial charge in [-0.05, 0) is 55.8 Å². The number of ether oxygens (including phenoxy) is 4. The van der Waals surface area contributed by atoms with Crippen LogP contribution in [0, 0.1) is 11.8 Å². The van der Waals surface area contributed by atoms with Gasteiger partial charge in [-0.15, -0.1) is 0 Å². The van der Waals surface area contributed by atoms with Gasteiger partial charge in [0.1, 0.15) is 0 Å². The van der Waals surface area contributed by atoms with Crippen LogP contribution >= 0.6 is 0 Å². The van der Waals surface area contributed by atoms with Gasteiger partial charge in [-0.25, -0.2) is 0 Å². The number of carbonyl (C=O) groups is 1. The molecule has 3 atom stereocenters. The van der Waals surface area contributed by atoms with Crippen LogP contribution in [0.4, 0.5) is 0 Å². The number of nitrogens with zero attached hydrogens (tertiary/aromatic N) is 1. The van der Waals surface area contributed by atoms with E-state index in [1.165, 1.54) is 11.1 Å². The highest BCUT2D eigenvalue weighted by atomic mass is 16.5. The van der Waals surface area contributed by atoms with E-state index in [9.17, 15) is 4.79 Å². The second-order valence-electron chi connectivity index (χ2n) is 7.67. The molecule has 0 unspecified atom stereocenters. The van der Waals surface area contributed by atoms with Crippen LogP contribution < -0.4 is 14.2 Å². The van der Waals surface area contributed by atoms with Gasteiger partial charge in [0.05, 0.1) is 34.4 Å². The average molecular weight is 385 g/mol. The Labute approximate surface area is 165 Å². The molecule has 0 bridgehead atoms. The van der Waals surface area contributed by atoms with Crippen LogP contribution in [0.15, 0.2) is 23.5 Å². The second-order valence-corrected chi connectivity index (χ2v) is 7.67. The first-order valence-corrected chi connectivity index (χ1v) is 9.51. The Bertz CT molecular complexity index is 899. The van der Waals surface area contributed by atoms with Crippen LogP contribution in [0.1, 0.15) is 17.5 Å². The smallest absolute Gasteiger partial charge is 0.205 e. The quantitative estimate of drug-likeness (QED) is 0.777. The molecule has 0 N–H and O–H groups in total. The summed E-state index contributed by atoms with van der Waals surface area (Å²) in [6.07, 6.45) is 3.76. The first kappa shape index (κ1) is 18.9. The molecular formula is C22H27NO5. The normalized spacial score (nSPS) is 25.3. The Balaban J connectivity index is 1.99. The van der Waals surface area contributed by atoms with Gasteiger partial charge in [-0.3, -0.25) is 4.79 Å². The fourth-order valence-corrected chi connectivity index (χ4v) is 5.06. The first-order chi connectivity index (χ1) is 13.5. The van der Waals surface area contributed by atoms with E-state index in [1.807, 2.05) is 12.1 Å². The molecule has 0 heterocycles. The number of rotatable bonds is 5. The number of likely N-dealkylation sites (N-methyl/N-ethyl adjacent to an activating group) is 1. The molecule has 0 radical (unpaired) electrons. The molecule has 0 saturated carbocycles. The summed E-state index contributed by atoms with van der Waals surface area (Å²) in [5, 5.41) is 0. The van der Waals surface area contributed by atoms with E-state index in [-0.39, 0.29) is 23.7 Å². The molecule has 4 rings (SSSR count). The van der Waals surface area contributed by atoms with Gasteiger partial charge >= 0.3 is 0 Å². The maximum Gasteiger partial charge on any atom is 0.205 e. The molecule has 0 saturated heterocycles. The highest BCUT2D eigenvalue weighted by molar-refractivity contribution is 6.08. The van der Waals surface area contributed by atoms with E-state index in [0.29, 0.717) is 23.0 Å². The van der Waals surface area contributed by atoms with Crippen LogP contribution in [-0.4, -0.2) is 59.3 Å². The van der Waals surface area contributed by atoms with Gasteiger partial charge in [-0.1, -0.05) is 0 Å². The van der Waals surface area contributed by atoms with Crippen molar-refractivity contribution in [3.63, 3.8) is 0 Å². The summed E-state index contributed by atoms with van der Waals surface area (Å²) in [5.74, 6) is 2.35. The molecule has 0 aromatic heterocycles. The minimum atomic E-state index is -0.138. The number of hydrogen-bond acceptors (Lipinski definition) is 6. The number of fused-ring (bicyclic) bond motifs is 5. The molecule has 150 valence electrons. The van der Waals surface area contributed by atoms with E-state index in [2.05, 4.69) is 19.0 Å². The zero-order valence-corrected chi connectivity index (χ0v) is 17.3. The lowest BCUT2D eigenvalue weighted by Gasteiger charge is -2.42. The average Bonchev–Trinajstić information content (AvgIpc) is 2.86. The number of hydrogen-bond donors (Lipinski definition) is 0. The van der Waals surface area contributed by atoms with Crippen LogP contribution in [0.25, 0.3) is 5.57 Å². The monoisotopic (exact) mass is 385 g/mol. The van der Waals surface area contributed by atoms with Crippen molar-refractivity contribution in [2.24, 2.45) is 11.8 Å². The molecular weight excluding hydrogens is 358 g/mol. The van der Waals surface area contributed by atoms with E-state index in [0.717, 1.165) is 24.0 Å². The standard InChI is InChI=1S/C22H27NO5/c1-23(2)13-8-7-11-9-15(26-4)21(27-5)22(28-6)16(11)17-12-10-14(25-3)20(24)18(12)19(13)17/h9-10,12-13,18H,7-8H2,1-6H3/t12-,13+,18-/m1/s1. The maximum absolute atomic E-state index is 12.9. The predicted octanol–water partition coefficient (Wildman–Crippen LogP) is 2.70. The molecule has 0 aliphatic heterocycles. The van der Waals surface area contributed by atoms with Crippen LogP contribution in [0.5, 0.6) is 17.2 Å². The van der Waals surface area contributed by atoms with Crippen LogP contribution in [0.3, 0.4) is 0 Å². The molecule has 3 aliphatic carbocycles. The van der Waals surface area contributed by atoms with E-state index in [4.69, 9.17) is 18.9 Å². The van der Waals surface area contributed by atoms with Gasteiger partial charge in [0.15, 0.2) is 17.3 Å². The van der Waals surface area contributed by atoms with Crippen molar-refractivity contribution in [2.45, 2.75) is 18.9 Å². The topological polar surface area (TPSA) is 57.2 Å². The minimum Gasteiger partial charge on any atom is -0.493 e. The Kier molecular flexibility index (Phi) is 4.62. The van der Waals surface area contributed by atoms with E-state index in [1.54, 1.807) is 28.4 Å². The van der Waals surface area contributed by atoms with Crippen molar-refractivity contribution in [3.8, 4) is 17.2 Å². The molecule has 0 spiro atoms. The molecule has 0 fully saturated rings. The highest BCUT2D eigenvalue weighted by Gasteiger charge is 2.54. The number of allylic oxidation sites excluding steroid dienone is 3. The SMILES string of the molecule is COC1=C[C@@H]2C3=C([C@@H]2C1=O)[C@@H](N(C)C)CCc1cc(OC)c(OC)c(OC)c13. The van der Waals surface area contributed by atoms with E-state index < -0.39 is 0 Å². The van der Waals surface area contributed by atoms with Gasteiger partial charge < -0.3 is 23.8 Å². The van der Waals surface area contributed by atoms with Crippen molar-refractivity contribution in [1.29, 1.82) is 0 Å². The molecule has 6 heteroatoms. The molecule has 1 aromatic carbocycles. The Morgan fingerprint density at radius 1 is 1.00 bits per heavy atom. The summed E-state index contributed by atoms with van der Waals surface area (Å²) in [6, 6.07) is 2.24. The third kappa shape index (κ3) is 2.40. The number of Topliss-reactive ketones (excluding diaryl/α,β-unsaturated/α-hetero) is 1. The third-order valence-corrected chi connectivity index (χ3v) is 6.27. The Hall–Kier alpha value is -2.47. The zero-order chi connectivity index (χ0) is 20.2. The summed E-state index contributed by atoms with van der Waals surface area (Å²) in [6.45, 7) is 0. The van der Waals surface area contributed by atoms with Crippen LogP contribution in [0.2, 0.25) is 0 Å². The lowest BCUT2D eigenvalue weighted by Crippen LogP contribution is -2.42. The van der Waals surface area contributed by atoms with Crippen molar-refractivity contribution in [3.05, 3.63) is 34.6 Å². The Morgan fingerprint density at radius 3 is 2.29 bits per heavy atom. The molecule has 0 amide bonds. The predicted molar refractivity (Wildman–Crippen MR) is 106 cm³/mol. The molecule has 6 nitrogen and oxygen atoms in total. The fourth-order valence-electron chi connectivity index (χ4n) is 5.06. The molecule has 3 aliphatic rings. The van der Waals surface area contributed by atoms with Gasteiger partial charge in [-0.2, -0.15) is 0 Å². The van der Waals surface area contributed by atoms with Crippen molar-refractivity contribution < 1.29 is 23.7 Å². The second kappa shape index (κ2) is 6.85. The summed E-state index contributed by atoms with van der Waals surface area (Å²) in [7, 11) is 10.6. The van der Waals surface area contributed by atoms with Crippen molar-refractivity contribution in [1.82, 2.24) is 4.90 Å². The molecule has 28 heavy (non-hydrogen) atoms. The minimum absolute atomic E-state index is 0.0174. The first-order valence-electron chi connectivity index (χ1n) is 9.51. The zero-order valence-electron chi connectivity index (χ0n) is 17.3. The Morgan fingerprint density at radius 2 is 1.71 bits per heavy atom. The lowest BCUT2D eigenvalue weighted by molar-refractivity contribution is -0.121. The van der Waals surface area contributed by atoms with Gasteiger partial charge in [0, 0.05) is 17.5 Å². The number of ketones is 1. The van der Waals surface area contributed by atoms with Gasteiger partial charge in [0.2, 0.25) is 11.5 Å². The number of aryl methyl sites for hydroxylation is 1. The summed E-state index contributed by atoms with van der Waals surface area (Å²) >= 11 is 0. The number of carbonyl (C=O) groups excluding carboxylic acids is 1. The largest absolute Gasteiger partial charge is 0.493 e. The van der Waals surface area contributed by atoms with E-state index >= 15 is 0 Å². The number of benzene rings is 1. The van der Waals surface area contributed by atoms with Gasteiger partial charge in [0.25, 0.3) is 0 Å². The maximum atomic E-state index is 12.9. The number of methoxy groups -OCH3 is 4. The highest BCUT2D eigenvalue weighted by Crippen LogP contribution is 2.60. The summed E-state index contributed by atoms with van der Waals surface area (Å²) in [4.78, 5) is 15.1. The van der Waals surface area contributed by atoms with Crippen LogP contribution in [-0.2, 0) is 16.0 Å². The van der Waals surface area contributed by atoms with Crippen molar-refractivity contribution in [2.75, 3.05) is 42.5 Å². The lowest BCUT2D eigenvalue weighted by atomic mass is 9.64. The van der Waals surface area contributed by atoms with Crippen molar-refractivity contribution >= 4 is 11.4 Å². The summed E-state index contributed by atoms with van der Waals surface area (Å²) < 4.78 is 22.4.